The van der Waals surface area contributed by atoms with Gasteiger partial charge in [0.2, 0.25) is 5.91 Å². The third-order valence-corrected chi connectivity index (χ3v) is 5.55. The Morgan fingerprint density at radius 1 is 0.964 bits per heavy atom. The number of para-hydroxylation sites is 1. The van der Waals surface area contributed by atoms with E-state index in [0.717, 1.165) is 29.7 Å². The fourth-order valence-electron chi connectivity index (χ4n) is 4.17. The first kappa shape index (κ1) is 18.5. The van der Waals surface area contributed by atoms with Crippen molar-refractivity contribution in [3.63, 3.8) is 0 Å². The molecule has 0 saturated carbocycles. The summed E-state index contributed by atoms with van der Waals surface area (Å²) in [5.74, 6) is 0.0222. The number of anilines is 1. The smallest absolute Gasteiger partial charge is 0.238 e. The lowest BCUT2D eigenvalue weighted by atomic mass is 9.87. The van der Waals surface area contributed by atoms with Crippen molar-refractivity contribution in [1.82, 2.24) is 4.90 Å². The van der Waals surface area contributed by atoms with Crippen molar-refractivity contribution in [3.05, 3.63) is 90.0 Å². The van der Waals surface area contributed by atoms with E-state index in [1.807, 2.05) is 42.5 Å². The van der Waals surface area contributed by atoms with E-state index < -0.39 is 0 Å². The van der Waals surface area contributed by atoms with E-state index >= 15 is 0 Å². The van der Waals surface area contributed by atoms with Gasteiger partial charge in [-0.2, -0.15) is 0 Å². The fraction of sp³-hybridized carbons (Fsp3) is 0.240. The van der Waals surface area contributed by atoms with E-state index in [2.05, 4.69) is 53.7 Å². The summed E-state index contributed by atoms with van der Waals surface area (Å²) in [7, 11) is 2.05. The van der Waals surface area contributed by atoms with E-state index in [9.17, 15) is 4.79 Å². The standard InChI is InChI=1S/C25H26N2O/c1-27(24-17-9-13-20-12-5-6-15-22(20)24)18-25(28)26-23-16-8-7-14-21(23)19-10-3-2-4-11-19/h2-8,10-12,14-16,24H,9,13,17-18H2,1H3,(H,26,28)/t24-/m0/s1. The maximum absolute atomic E-state index is 12.8. The van der Waals surface area contributed by atoms with E-state index in [0.29, 0.717) is 12.6 Å². The topological polar surface area (TPSA) is 32.3 Å². The van der Waals surface area contributed by atoms with Gasteiger partial charge >= 0.3 is 0 Å². The number of aryl methyl sites for hydroxylation is 1. The Morgan fingerprint density at radius 3 is 2.54 bits per heavy atom. The van der Waals surface area contributed by atoms with E-state index in [4.69, 9.17) is 0 Å². The second kappa shape index (κ2) is 8.41. The van der Waals surface area contributed by atoms with Crippen LogP contribution in [-0.4, -0.2) is 24.4 Å². The van der Waals surface area contributed by atoms with Crippen molar-refractivity contribution in [3.8, 4) is 11.1 Å². The van der Waals surface area contributed by atoms with Crippen molar-refractivity contribution in [2.75, 3.05) is 18.9 Å². The molecule has 3 aromatic rings. The number of benzene rings is 3. The summed E-state index contributed by atoms with van der Waals surface area (Å²) in [5.41, 5.74) is 5.79. The largest absolute Gasteiger partial charge is 0.324 e. The second-order valence-corrected chi connectivity index (χ2v) is 7.48. The van der Waals surface area contributed by atoms with Crippen LogP contribution in [0.2, 0.25) is 0 Å². The van der Waals surface area contributed by atoms with Crippen LogP contribution >= 0.6 is 0 Å². The van der Waals surface area contributed by atoms with Crippen LogP contribution in [0.3, 0.4) is 0 Å². The molecule has 0 unspecified atom stereocenters. The van der Waals surface area contributed by atoms with Gasteiger partial charge in [0, 0.05) is 17.3 Å². The molecule has 142 valence electrons. The summed E-state index contributed by atoms with van der Waals surface area (Å²) in [6, 6.07) is 27.1. The summed E-state index contributed by atoms with van der Waals surface area (Å²) in [5, 5.41) is 3.12. The molecule has 1 amide bonds. The number of rotatable bonds is 5. The number of likely N-dealkylation sites (N-methyl/N-ethyl adjacent to an activating group) is 1. The van der Waals surface area contributed by atoms with Crippen molar-refractivity contribution >= 4 is 11.6 Å². The number of fused-ring (bicyclic) bond motifs is 1. The van der Waals surface area contributed by atoms with Gasteiger partial charge in [-0.3, -0.25) is 9.69 Å². The van der Waals surface area contributed by atoms with E-state index in [1.54, 1.807) is 0 Å². The molecule has 1 aliphatic carbocycles. The number of nitrogens with one attached hydrogen (secondary N) is 1. The molecule has 3 heteroatoms. The zero-order valence-corrected chi connectivity index (χ0v) is 16.3. The Kier molecular flexibility index (Phi) is 5.54. The number of hydrogen-bond donors (Lipinski definition) is 1. The highest BCUT2D eigenvalue weighted by Gasteiger charge is 2.24. The van der Waals surface area contributed by atoms with Gasteiger partial charge in [0.25, 0.3) is 0 Å². The van der Waals surface area contributed by atoms with Crippen LogP contribution in [0, 0.1) is 0 Å². The van der Waals surface area contributed by atoms with Crippen LogP contribution in [0.4, 0.5) is 5.69 Å². The van der Waals surface area contributed by atoms with Gasteiger partial charge < -0.3 is 5.32 Å². The molecule has 3 aromatic carbocycles. The first-order chi connectivity index (χ1) is 13.7. The molecular formula is C25H26N2O. The van der Waals surface area contributed by atoms with Gasteiger partial charge in [-0.15, -0.1) is 0 Å². The molecule has 0 saturated heterocycles. The zero-order chi connectivity index (χ0) is 19.3. The molecule has 4 rings (SSSR count). The van der Waals surface area contributed by atoms with Gasteiger partial charge in [0.15, 0.2) is 0 Å². The van der Waals surface area contributed by atoms with Gasteiger partial charge in [-0.25, -0.2) is 0 Å². The average Bonchev–Trinajstić information content (AvgIpc) is 2.74. The first-order valence-electron chi connectivity index (χ1n) is 9.95. The molecule has 0 aromatic heterocycles. The van der Waals surface area contributed by atoms with Gasteiger partial charge in [0.1, 0.15) is 0 Å². The van der Waals surface area contributed by atoms with Gasteiger partial charge in [-0.05, 0) is 49.1 Å². The van der Waals surface area contributed by atoms with Crippen LogP contribution in [-0.2, 0) is 11.2 Å². The predicted octanol–water partition coefficient (Wildman–Crippen LogP) is 5.30. The lowest BCUT2D eigenvalue weighted by Gasteiger charge is -2.33. The quantitative estimate of drug-likeness (QED) is 0.661. The second-order valence-electron chi connectivity index (χ2n) is 7.48. The van der Waals surface area contributed by atoms with Crippen LogP contribution < -0.4 is 5.32 Å². The van der Waals surface area contributed by atoms with Crippen molar-refractivity contribution in [2.24, 2.45) is 0 Å². The molecule has 1 atom stereocenters. The minimum atomic E-state index is 0.0222. The molecule has 28 heavy (non-hydrogen) atoms. The number of carbonyl (C=O) groups excluding carboxylic acids is 1. The highest BCUT2D eigenvalue weighted by molar-refractivity contribution is 5.96. The Balaban J connectivity index is 1.48. The number of nitrogens with zero attached hydrogens (tertiary/aromatic N) is 1. The summed E-state index contributed by atoms with van der Waals surface area (Å²) in [6.45, 7) is 0.377. The number of carbonyl (C=O) groups is 1. The summed E-state index contributed by atoms with van der Waals surface area (Å²) in [4.78, 5) is 15.0. The van der Waals surface area contributed by atoms with Gasteiger partial charge in [-0.1, -0.05) is 72.8 Å². The number of amides is 1. The van der Waals surface area contributed by atoms with Crippen molar-refractivity contribution in [1.29, 1.82) is 0 Å². The molecule has 1 aliphatic rings. The van der Waals surface area contributed by atoms with Crippen molar-refractivity contribution < 1.29 is 4.79 Å². The van der Waals surface area contributed by atoms with Crippen LogP contribution in [0.15, 0.2) is 78.9 Å². The van der Waals surface area contributed by atoms with E-state index in [-0.39, 0.29) is 5.91 Å². The Morgan fingerprint density at radius 2 is 1.68 bits per heavy atom. The lowest BCUT2D eigenvalue weighted by Crippen LogP contribution is -2.35. The zero-order valence-electron chi connectivity index (χ0n) is 16.3. The molecule has 0 fully saturated rings. The Labute approximate surface area is 167 Å². The Hall–Kier alpha value is -2.91. The minimum Gasteiger partial charge on any atom is -0.324 e. The first-order valence-corrected chi connectivity index (χ1v) is 9.95. The molecular weight excluding hydrogens is 344 g/mol. The summed E-state index contributed by atoms with van der Waals surface area (Å²) in [6.07, 6.45) is 3.41. The Bertz CT molecular complexity index is 952. The number of hydrogen-bond acceptors (Lipinski definition) is 2. The molecule has 0 bridgehead atoms. The monoisotopic (exact) mass is 370 g/mol. The average molecular weight is 370 g/mol. The maximum atomic E-state index is 12.8. The minimum absolute atomic E-state index is 0.0222. The molecule has 3 nitrogen and oxygen atoms in total. The molecule has 0 radical (unpaired) electrons. The predicted molar refractivity (Wildman–Crippen MR) is 115 cm³/mol. The lowest BCUT2D eigenvalue weighted by molar-refractivity contribution is -0.117. The summed E-state index contributed by atoms with van der Waals surface area (Å²) >= 11 is 0. The highest BCUT2D eigenvalue weighted by atomic mass is 16.2. The third kappa shape index (κ3) is 4.00. The van der Waals surface area contributed by atoms with Crippen molar-refractivity contribution in [2.45, 2.75) is 25.3 Å². The molecule has 1 N–H and O–H groups in total. The maximum Gasteiger partial charge on any atom is 0.238 e. The van der Waals surface area contributed by atoms with Crippen LogP contribution in [0.25, 0.3) is 11.1 Å². The molecule has 0 aliphatic heterocycles. The van der Waals surface area contributed by atoms with Crippen LogP contribution in [0.5, 0.6) is 0 Å². The summed E-state index contributed by atoms with van der Waals surface area (Å²) < 4.78 is 0. The molecule has 0 spiro atoms. The van der Waals surface area contributed by atoms with E-state index in [1.165, 1.54) is 17.5 Å². The molecule has 0 heterocycles. The van der Waals surface area contributed by atoms with Gasteiger partial charge in [0.05, 0.1) is 6.54 Å². The fourth-order valence-corrected chi connectivity index (χ4v) is 4.17. The normalized spacial score (nSPS) is 15.9. The van der Waals surface area contributed by atoms with Crippen LogP contribution in [0.1, 0.15) is 30.0 Å². The third-order valence-electron chi connectivity index (χ3n) is 5.55. The highest BCUT2D eigenvalue weighted by Crippen LogP contribution is 2.33. The SMILES string of the molecule is CN(CC(=O)Nc1ccccc1-c1ccccc1)[C@H]1CCCc2ccccc21.